The van der Waals surface area contributed by atoms with E-state index in [0.717, 1.165) is 12.1 Å². The number of halogens is 4. The third kappa shape index (κ3) is 3.46. The molecule has 106 valence electrons. The van der Waals surface area contributed by atoms with Crippen LogP contribution in [0.3, 0.4) is 0 Å². The fourth-order valence-corrected chi connectivity index (χ4v) is 1.86. The van der Waals surface area contributed by atoms with Gasteiger partial charge < -0.3 is 4.74 Å². The number of aromatic nitrogens is 2. The Morgan fingerprint density at radius 1 is 1.15 bits per heavy atom. The summed E-state index contributed by atoms with van der Waals surface area (Å²) in [7, 11) is 1.51. The lowest BCUT2D eigenvalue weighted by Crippen LogP contribution is -2.04. The maximum Gasteiger partial charge on any atom is 0.416 e. The standard InChI is InChI=1S/C13H10ClF3N2O/c1-20-7-10-6-11(19-12(14)18-10)8-2-4-9(5-3-8)13(15,16)17/h2-6H,7H2,1H3. The van der Waals surface area contributed by atoms with Crippen LogP contribution in [-0.2, 0) is 17.5 Å². The zero-order valence-electron chi connectivity index (χ0n) is 10.4. The number of ether oxygens (including phenoxy) is 1. The zero-order valence-corrected chi connectivity index (χ0v) is 11.2. The van der Waals surface area contributed by atoms with Crippen LogP contribution in [0.2, 0.25) is 5.28 Å². The molecule has 0 aliphatic carbocycles. The molecule has 0 fully saturated rings. The summed E-state index contributed by atoms with van der Waals surface area (Å²) in [5, 5.41) is 0.0226. The highest BCUT2D eigenvalue weighted by Crippen LogP contribution is 2.30. The highest BCUT2D eigenvalue weighted by atomic mass is 35.5. The number of nitrogens with zero attached hydrogens (tertiary/aromatic N) is 2. The fourth-order valence-electron chi connectivity index (χ4n) is 1.66. The summed E-state index contributed by atoms with van der Waals surface area (Å²) in [5.74, 6) is 0. The van der Waals surface area contributed by atoms with Gasteiger partial charge >= 0.3 is 6.18 Å². The van der Waals surface area contributed by atoms with Gasteiger partial charge in [0.15, 0.2) is 0 Å². The monoisotopic (exact) mass is 302 g/mol. The molecule has 0 radical (unpaired) electrons. The Morgan fingerprint density at radius 3 is 2.35 bits per heavy atom. The van der Waals surface area contributed by atoms with Crippen molar-refractivity contribution in [2.24, 2.45) is 0 Å². The Bertz CT molecular complexity index is 600. The topological polar surface area (TPSA) is 35.0 Å². The van der Waals surface area contributed by atoms with Crippen molar-refractivity contribution in [3.05, 3.63) is 46.9 Å². The molecule has 2 rings (SSSR count). The van der Waals surface area contributed by atoms with E-state index in [-0.39, 0.29) is 11.9 Å². The Morgan fingerprint density at radius 2 is 1.80 bits per heavy atom. The van der Waals surface area contributed by atoms with Crippen molar-refractivity contribution in [3.8, 4) is 11.3 Å². The smallest absolute Gasteiger partial charge is 0.378 e. The molecular weight excluding hydrogens is 293 g/mol. The number of hydrogen-bond donors (Lipinski definition) is 0. The number of hydrogen-bond acceptors (Lipinski definition) is 3. The predicted molar refractivity (Wildman–Crippen MR) is 68.2 cm³/mol. The maximum atomic E-state index is 12.5. The highest BCUT2D eigenvalue weighted by molar-refractivity contribution is 6.28. The van der Waals surface area contributed by atoms with Crippen LogP contribution in [0, 0.1) is 0 Å². The van der Waals surface area contributed by atoms with E-state index in [0.29, 0.717) is 17.0 Å². The van der Waals surface area contributed by atoms with E-state index in [2.05, 4.69) is 9.97 Å². The summed E-state index contributed by atoms with van der Waals surface area (Å²) in [4.78, 5) is 7.95. The lowest BCUT2D eigenvalue weighted by molar-refractivity contribution is -0.137. The minimum atomic E-state index is -4.36. The van der Waals surface area contributed by atoms with Crippen LogP contribution < -0.4 is 0 Å². The second kappa shape index (κ2) is 5.76. The third-order valence-electron chi connectivity index (χ3n) is 2.55. The normalized spacial score (nSPS) is 11.7. The van der Waals surface area contributed by atoms with Crippen LogP contribution in [0.15, 0.2) is 30.3 Å². The highest BCUT2D eigenvalue weighted by Gasteiger charge is 2.30. The van der Waals surface area contributed by atoms with Gasteiger partial charge in [0.1, 0.15) is 0 Å². The molecule has 0 spiro atoms. The average Bonchev–Trinajstić information content (AvgIpc) is 2.37. The van der Waals surface area contributed by atoms with Crippen LogP contribution in [-0.4, -0.2) is 17.1 Å². The second-order valence-electron chi connectivity index (χ2n) is 4.02. The third-order valence-corrected chi connectivity index (χ3v) is 2.72. The molecule has 0 aliphatic rings. The van der Waals surface area contributed by atoms with Crippen LogP contribution in [0.5, 0.6) is 0 Å². The molecule has 0 amide bonds. The molecule has 0 N–H and O–H groups in total. The van der Waals surface area contributed by atoms with Gasteiger partial charge in [-0.1, -0.05) is 12.1 Å². The van der Waals surface area contributed by atoms with E-state index < -0.39 is 11.7 Å². The van der Waals surface area contributed by atoms with Gasteiger partial charge in [-0.15, -0.1) is 0 Å². The first-order valence-electron chi connectivity index (χ1n) is 5.60. The molecule has 20 heavy (non-hydrogen) atoms. The molecule has 0 aliphatic heterocycles. The zero-order chi connectivity index (χ0) is 14.8. The van der Waals surface area contributed by atoms with Gasteiger partial charge in [0.05, 0.1) is 23.6 Å². The molecule has 1 heterocycles. The summed E-state index contributed by atoms with van der Waals surface area (Å²) >= 11 is 5.78. The lowest BCUT2D eigenvalue weighted by Gasteiger charge is -2.08. The van der Waals surface area contributed by atoms with Gasteiger partial charge in [-0.25, -0.2) is 9.97 Å². The molecule has 0 atom stereocenters. The molecule has 7 heteroatoms. The molecule has 0 unspecified atom stereocenters. The van der Waals surface area contributed by atoms with Crippen molar-refractivity contribution in [1.29, 1.82) is 0 Å². The van der Waals surface area contributed by atoms with Crippen molar-refractivity contribution in [1.82, 2.24) is 9.97 Å². The number of benzene rings is 1. The van der Waals surface area contributed by atoms with Crippen LogP contribution in [0.1, 0.15) is 11.3 Å². The van der Waals surface area contributed by atoms with E-state index in [1.807, 2.05) is 0 Å². The molecule has 0 saturated carbocycles. The van der Waals surface area contributed by atoms with Crippen molar-refractivity contribution >= 4 is 11.6 Å². The maximum absolute atomic E-state index is 12.5. The number of methoxy groups -OCH3 is 1. The Kier molecular flexibility index (Phi) is 4.25. The summed E-state index contributed by atoms with van der Waals surface area (Å²) in [6.45, 7) is 0.246. The average molecular weight is 303 g/mol. The van der Waals surface area contributed by atoms with E-state index in [1.165, 1.54) is 19.2 Å². The Labute approximate surface area is 118 Å². The van der Waals surface area contributed by atoms with Gasteiger partial charge in [-0.2, -0.15) is 13.2 Å². The summed E-state index contributed by atoms with van der Waals surface area (Å²) in [6, 6.07) is 6.32. The lowest BCUT2D eigenvalue weighted by atomic mass is 10.1. The van der Waals surface area contributed by atoms with E-state index in [4.69, 9.17) is 16.3 Å². The van der Waals surface area contributed by atoms with Crippen LogP contribution >= 0.6 is 11.6 Å². The molecule has 0 saturated heterocycles. The Hall–Kier alpha value is -1.66. The molecule has 3 nitrogen and oxygen atoms in total. The van der Waals surface area contributed by atoms with Crippen LogP contribution in [0.25, 0.3) is 11.3 Å². The van der Waals surface area contributed by atoms with Crippen molar-refractivity contribution in [2.45, 2.75) is 12.8 Å². The minimum absolute atomic E-state index is 0.0226. The van der Waals surface area contributed by atoms with Crippen molar-refractivity contribution in [2.75, 3.05) is 7.11 Å². The predicted octanol–water partition coefficient (Wildman–Crippen LogP) is 3.96. The largest absolute Gasteiger partial charge is 0.416 e. The Balaban J connectivity index is 2.36. The van der Waals surface area contributed by atoms with Gasteiger partial charge in [0, 0.05) is 12.7 Å². The van der Waals surface area contributed by atoms with Crippen molar-refractivity contribution in [3.63, 3.8) is 0 Å². The van der Waals surface area contributed by atoms with Gasteiger partial charge in [0.2, 0.25) is 5.28 Å². The summed E-state index contributed by atoms with van der Waals surface area (Å²) in [6.07, 6.45) is -4.36. The first kappa shape index (κ1) is 14.7. The van der Waals surface area contributed by atoms with E-state index >= 15 is 0 Å². The SMILES string of the molecule is COCc1cc(-c2ccc(C(F)(F)F)cc2)nc(Cl)n1. The van der Waals surface area contributed by atoms with Crippen LogP contribution in [0.4, 0.5) is 13.2 Å². The first-order valence-corrected chi connectivity index (χ1v) is 5.98. The molecular formula is C13H10ClF3N2O. The second-order valence-corrected chi connectivity index (χ2v) is 4.36. The van der Waals surface area contributed by atoms with E-state index in [1.54, 1.807) is 6.07 Å². The molecule has 1 aromatic carbocycles. The minimum Gasteiger partial charge on any atom is -0.378 e. The van der Waals surface area contributed by atoms with E-state index in [9.17, 15) is 13.2 Å². The molecule has 0 bridgehead atoms. The molecule has 1 aromatic heterocycles. The van der Waals surface area contributed by atoms with Crippen molar-refractivity contribution < 1.29 is 17.9 Å². The summed E-state index contributed by atoms with van der Waals surface area (Å²) in [5.41, 5.74) is 0.825. The first-order chi connectivity index (χ1) is 9.40. The summed E-state index contributed by atoms with van der Waals surface area (Å²) < 4.78 is 42.4. The van der Waals surface area contributed by atoms with Gasteiger partial charge in [-0.05, 0) is 29.8 Å². The molecule has 2 aromatic rings. The fraction of sp³-hybridized carbons (Fsp3) is 0.231. The number of alkyl halides is 3. The quantitative estimate of drug-likeness (QED) is 0.805. The number of rotatable bonds is 3. The van der Waals surface area contributed by atoms with Gasteiger partial charge in [0.25, 0.3) is 0 Å². The van der Waals surface area contributed by atoms with Gasteiger partial charge in [-0.3, -0.25) is 0 Å².